The molecule has 2 heterocycles. The van der Waals surface area contributed by atoms with Crippen molar-refractivity contribution in [1.29, 1.82) is 0 Å². The molecule has 0 bridgehead atoms. The van der Waals surface area contributed by atoms with Gasteiger partial charge in [-0.2, -0.15) is 0 Å². The number of hydrogen-bond acceptors (Lipinski definition) is 4. The van der Waals surface area contributed by atoms with Gasteiger partial charge in [0, 0.05) is 17.6 Å². The number of anilines is 1. The predicted molar refractivity (Wildman–Crippen MR) is 85.8 cm³/mol. The van der Waals surface area contributed by atoms with Crippen LogP contribution in [0, 0.1) is 0 Å². The number of nitrogens with zero attached hydrogens (tertiary/aromatic N) is 2. The van der Waals surface area contributed by atoms with Crippen molar-refractivity contribution in [1.82, 2.24) is 4.98 Å². The maximum Gasteiger partial charge on any atom is 0.277 e. The summed E-state index contributed by atoms with van der Waals surface area (Å²) in [6.07, 6.45) is 2.82. The lowest BCUT2D eigenvalue weighted by molar-refractivity contribution is 0.0985. The van der Waals surface area contributed by atoms with Crippen molar-refractivity contribution in [3.8, 4) is 0 Å². The molecule has 2 aromatic rings. The molecule has 1 atom stereocenters. The van der Waals surface area contributed by atoms with Gasteiger partial charge in [-0.1, -0.05) is 31.5 Å². The number of rotatable bonds is 4. The molecule has 1 aliphatic heterocycles. The average Bonchev–Trinajstić information content (AvgIpc) is 3.14. The van der Waals surface area contributed by atoms with Crippen LogP contribution >= 0.6 is 11.3 Å². The van der Waals surface area contributed by atoms with E-state index in [1.165, 1.54) is 16.9 Å². The standard InChI is InChI=1S/C16H19N3OS/c1-2-5-12(17)15-18-13(10-21-15)16(20)19-9-8-11-6-3-4-7-14(11)19/h3-4,6-7,10,12H,2,5,8-9,17H2,1H3. The Hall–Kier alpha value is -1.72. The van der Waals surface area contributed by atoms with E-state index in [4.69, 9.17) is 5.73 Å². The Labute approximate surface area is 128 Å². The van der Waals surface area contributed by atoms with Crippen molar-refractivity contribution in [2.45, 2.75) is 32.2 Å². The van der Waals surface area contributed by atoms with E-state index in [2.05, 4.69) is 18.0 Å². The minimum Gasteiger partial charge on any atom is -0.322 e. The van der Waals surface area contributed by atoms with E-state index in [1.54, 1.807) is 0 Å². The van der Waals surface area contributed by atoms with E-state index in [0.717, 1.165) is 36.5 Å². The lowest BCUT2D eigenvalue weighted by Gasteiger charge is -2.15. The molecule has 3 rings (SSSR count). The number of fused-ring (bicyclic) bond motifs is 1. The van der Waals surface area contributed by atoms with Crippen molar-refractivity contribution >= 4 is 22.9 Å². The number of thiazole rings is 1. The molecule has 21 heavy (non-hydrogen) atoms. The summed E-state index contributed by atoms with van der Waals surface area (Å²) in [5, 5.41) is 2.68. The summed E-state index contributed by atoms with van der Waals surface area (Å²) < 4.78 is 0. The summed E-state index contributed by atoms with van der Waals surface area (Å²) >= 11 is 1.48. The molecule has 1 aromatic carbocycles. The maximum absolute atomic E-state index is 12.6. The summed E-state index contributed by atoms with van der Waals surface area (Å²) in [5.41, 5.74) is 8.82. The highest BCUT2D eigenvalue weighted by molar-refractivity contribution is 7.09. The van der Waals surface area contributed by atoms with Gasteiger partial charge in [-0.25, -0.2) is 4.98 Å². The van der Waals surface area contributed by atoms with E-state index in [0.29, 0.717) is 5.69 Å². The Kier molecular flexibility index (Phi) is 4.03. The quantitative estimate of drug-likeness (QED) is 0.943. The first-order valence-corrected chi connectivity index (χ1v) is 8.19. The predicted octanol–water partition coefficient (Wildman–Crippen LogP) is 3.15. The topological polar surface area (TPSA) is 59.2 Å². The van der Waals surface area contributed by atoms with Gasteiger partial charge in [0.15, 0.2) is 0 Å². The van der Waals surface area contributed by atoms with Gasteiger partial charge in [-0.3, -0.25) is 4.79 Å². The largest absolute Gasteiger partial charge is 0.322 e. The Morgan fingerprint density at radius 2 is 2.29 bits per heavy atom. The van der Waals surface area contributed by atoms with Crippen LogP contribution in [0.5, 0.6) is 0 Å². The zero-order chi connectivity index (χ0) is 14.8. The second-order valence-electron chi connectivity index (χ2n) is 5.30. The third-order valence-electron chi connectivity index (χ3n) is 3.79. The molecule has 2 N–H and O–H groups in total. The third-order valence-corrected chi connectivity index (χ3v) is 4.77. The van der Waals surface area contributed by atoms with Gasteiger partial charge in [0.1, 0.15) is 10.7 Å². The fourth-order valence-electron chi connectivity index (χ4n) is 2.68. The van der Waals surface area contributed by atoms with Gasteiger partial charge in [0.25, 0.3) is 5.91 Å². The Morgan fingerprint density at radius 1 is 1.48 bits per heavy atom. The zero-order valence-corrected chi connectivity index (χ0v) is 12.9. The van der Waals surface area contributed by atoms with Crippen LogP contribution in [0.1, 0.15) is 46.9 Å². The van der Waals surface area contributed by atoms with Crippen LogP contribution in [0.4, 0.5) is 5.69 Å². The smallest absolute Gasteiger partial charge is 0.277 e. The van der Waals surface area contributed by atoms with Crippen molar-refractivity contribution in [3.63, 3.8) is 0 Å². The molecule has 0 radical (unpaired) electrons. The van der Waals surface area contributed by atoms with Crippen molar-refractivity contribution < 1.29 is 4.79 Å². The molecule has 0 saturated heterocycles. The van der Waals surface area contributed by atoms with Crippen LogP contribution in [0.3, 0.4) is 0 Å². The summed E-state index contributed by atoms with van der Waals surface area (Å²) in [6, 6.07) is 7.99. The summed E-state index contributed by atoms with van der Waals surface area (Å²) in [6.45, 7) is 2.83. The normalized spacial score (nSPS) is 15.0. The number of benzene rings is 1. The van der Waals surface area contributed by atoms with Gasteiger partial charge in [-0.05, 0) is 24.5 Å². The van der Waals surface area contributed by atoms with E-state index in [9.17, 15) is 4.79 Å². The van der Waals surface area contributed by atoms with Gasteiger partial charge in [0.2, 0.25) is 0 Å². The van der Waals surface area contributed by atoms with Crippen LogP contribution in [-0.2, 0) is 6.42 Å². The van der Waals surface area contributed by atoms with E-state index in [-0.39, 0.29) is 11.9 Å². The molecule has 1 unspecified atom stereocenters. The van der Waals surface area contributed by atoms with Gasteiger partial charge in [0.05, 0.1) is 6.04 Å². The number of aromatic nitrogens is 1. The number of para-hydroxylation sites is 1. The van der Waals surface area contributed by atoms with E-state index >= 15 is 0 Å². The SMILES string of the molecule is CCCC(N)c1nc(C(=O)N2CCc3ccccc32)cs1. The number of hydrogen-bond donors (Lipinski definition) is 1. The highest BCUT2D eigenvalue weighted by Crippen LogP contribution is 2.29. The average molecular weight is 301 g/mol. The molecule has 0 spiro atoms. The lowest BCUT2D eigenvalue weighted by Crippen LogP contribution is -2.29. The van der Waals surface area contributed by atoms with Gasteiger partial charge < -0.3 is 10.6 Å². The summed E-state index contributed by atoms with van der Waals surface area (Å²) in [4.78, 5) is 18.9. The van der Waals surface area contributed by atoms with Gasteiger partial charge in [-0.15, -0.1) is 11.3 Å². The molecule has 5 heteroatoms. The molecular weight excluding hydrogens is 282 g/mol. The fourth-order valence-corrected chi connectivity index (χ4v) is 3.51. The highest BCUT2D eigenvalue weighted by Gasteiger charge is 2.27. The molecule has 1 aromatic heterocycles. The lowest BCUT2D eigenvalue weighted by atomic mass is 10.2. The molecule has 1 amide bonds. The number of nitrogens with two attached hydrogens (primary N) is 1. The molecule has 4 nitrogen and oxygen atoms in total. The number of carbonyl (C=O) groups excluding carboxylic acids is 1. The first kappa shape index (κ1) is 14.2. The second-order valence-corrected chi connectivity index (χ2v) is 6.19. The summed E-state index contributed by atoms with van der Waals surface area (Å²) in [5.74, 6) is -0.0221. The Balaban J connectivity index is 1.81. The van der Waals surface area contributed by atoms with Gasteiger partial charge >= 0.3 is 0 Å². The monoisotopic (exact) mass is 301 g/mol. The van der Waals surface area contributed by atoms with Crippen molar-refractivity contribution in [2.75, 3.05) is 11.4 Å². The van der Waals surface area contributed by atoms with Crippen LogP contribution in [0.2, 0.25) is 0 Å². The molecule has 0 aliphatic carbocycles. The van der Waals surface area contributed by atoms with Crippen LogP contribution in [0.15, 0.2) is 29.6 Å². The Bertz CT molecular complexity index is 652. The fraction of sp³-hybridized carbons (Fsp3) is 0.375. The summed E-state index contributed by atoms with van der Waals surface area (Å²) in [7, 11) is 0. The van der Waals surface area contributed by atoms with Crippen LogP contribution in [-0.4, -0.2) is 17.4 Å². The second kappa shape index (κ2) is 5.95. The highest BCUT2D eigenvalue weighted by atomic mass is 32.1. The van der Waals surface area contributed by atoms with Crippen LogP contribution in [0.25, 0.3) is 0 Å². The first-order chi connectivity index (χ1) is 10.2. The zero-order valence-electron chi connectivity index (χ0n) is 12.1. The van der Waals surface area contributed by atoms with Crippen molar-refractivity contribution in [2.24, 2.45) is 5.73 Å². The van der Waals surface area contributed by atoms with Crippen LogP contribution < -0.4 is 10.6 Å². The molecule has 0 saturated carbocycles. The molecular formula is C16H19N3OS. The minimum absolute atomic E-state index is 0.0221. The Morgan fingerprint density at radius 3 is 3.10 bits per heavy atom. The van der Waals surface area contributed by atoms with E-state index < -0.39 is 0 Å². The number of carbonyl (C=O) groups is 1. The molecule has 110 valence electrons. The third kappa shape index (κ3) is 2.71. The molecule has 0 fully saturated rings. The van der Waals surface area contributed by atoms with E-state index in [1.807, 2.05) is 28.5 Å². The minimum atomic E-state index is -0.0626. The van der Waals surface area contributed by atoms with Crippen molar-refractivity contribution in [3.05, 3.63) is 45.9 Å². The first-order valence-electron chi connectivity index (χ1n) is 7.31. The maximum atomic E-state index is 12.6. The number of amides is 1. The molecule has 1 aliphatic rings.